The van der Waals surface area contributed by atoms with Gasteiger partial charge in [0.25, 0.3) is 0 Å². The Balaban J connectivity index is 1.99. The smallest absolute Gasteiger partial charge is 0.0701 e. The molecule has 0 spiro atoms. The molecule has 1 fully saturated rings. The molecule has 3 heteroatoms. The number of hydrogen-bond acceptors (Lipinski definition) is 2. The number of nitrogens with two attached hydrogens (primary N) is 1. The maximum atomic E-state index is 6.35. The van der Waals surface area contributed by atoms with Crippen LogP contribution >= 0.6 is 27.3 Å². The Labute approximate surface area is 104 Å². The summed E-state index contributed by atoms with van der Waals surface area (Å²) in [4.78, 5) is 1.41. The van der Waals surface area contributed by atoms with Gasteiger partial charge in [0.1, 0.15) is 0 Å². The molecule has 1 atom stereocenters. The van der Waals surface area contributed by atoms with Crippen LogP contribution in [0.2, 0.25) is 0 Å². The molecule has 0 radical (unpaired) electrons. The van der Waals surface area contributed by atoms with E-state index < -0.39 is 0 Å². The fourth-order valence-electron chi connectivity index (χ4n) is 2.48. The van der Waals surface area contributed by atoms with E-state index in [4.69, 9.17) is 5.73 Å². The van der Waals surface area contributed by atoms with E-state index in [0.717, 1.165) is 6.42 Å². The van der Waals surface area contributed by atoms with Crippen LogP contribution in [0.3, 0.4) is 0 Å². The highest BCUT2D eigenvalue weighted by Crippen LogP contribution is 2.41. The van der Waals surface area contributed by atoms with Gasteiger partial charge < -0.3 is 5.73 Å². The van der Waals surface area contributed by atoms with E-state index in [9.17, 15) is 0 Å². The monoisotopic (exact) mass is 287 g/mol. The second kappa shape index (κ2) is 4.56. The van der Waals surface area contributed by atoms with Crippen LogP contribution in [-0.2, 0) is 6.42 Å². The standard InChI is InChI=1S/C12H18BrNS/c1-12(6-2-3-7-12)10(14)8-9-4-5-11(13)15-9/h4-5,10H,2-3,6-8,14H2,1H3. The maximum Gasteiger partial charge on any atom is 0.0701 e. The molecule has 2 N–H and O–H groups in total. The topological polar surface area (TPSA) is 26.0 Å². The van der Waals surface area contributed by atoms with Crippen LogP contribution in [0.25, 0.3) is 0 Å². The SMILES string of the molecule is CC1(C(N)Cc2ccc(Br)s2)CCCC1. The van der Waals surface area contributed by atoms with Crippen molar-refractivity contribution < 1.29 is 0 Å². The van der Waals surface area contributed by atoms with Crippen molar-refractivity contribution in [3.63, 3.8) is 0 Å². The van der Waals surface area contributed by atoms with Gasteiger partial charge >= 0.3 is 0 Å². The Bertz CT molecular complexity index is 328. The van der Waals surface area contributed by atoms with Gasteiger partial charge in [0.2, 0.25) is 0 Å². The Morgan fingerprint density at radius 1 is 1.47 bits per heavy atom. The molecular formula is C12H18BrNS. The average molecular weight is 288 g/mol. The first-order valence-corrected chi connectivity index (χ1v) is 7.21. The maximum absolute atomic E-state index is 6.35. The normalized spacial score (nSPS) is 21.8. The van der Waals surface area contributed by atoms with Gasteiger partial charge in [-0.05, 0) is 52.7 Å². The molecule has 1 aliphatic rings. The van der Waals surface area contributed by atoms with Gasteiger partial charge in [-0.3, -0.25) is 0 Å². The van der Waals surface area contributed by atoms with Crippen molar-refractivity contribution in [3.05, 3.63) is 20.8 Å². The average Bonchev–Trinajstić information content (AvgIpc) is 2.76. The zero-order valence-electron chi connectivity index (χ0n) is 9.13. The second-order valence-corrected chi connectivity index (χ2v) is 7.43. The number of hydrogen-bond donors (Lipinski definition) is 1. The zero-order valence-corrected chi connectivity index (χ0v) is 11.5. The van der Waals surface area contributed by atoms with Crippen LogP contribution in [0.5, 0.6) is 0 Å². The minimum atomic E-state index is 0.325. The molecule has 15 heavy (non-hydrogen) atoms. The number of halogens is 1. The summed E-state index contributed by atoms with van der Waals surface area (Å²) in [6.45, 7) is 2.35. The van der Waals surface area contributed by atoms with Crippen LogP contribution in [0.4, 0.5) is 0 Å². The van der Waals surface area contributed by atoms with Gasteiger partial charge in [-0.1, -0.05) is 19.8 Å². The predicted molar refractivity (Wildman–Crippen MR) is 70.3 cm³/mol. The quantitative estimate of drug-likeness (QED) is 0.895. The Kier molecular flexibility index (Phi) is 3.53. The van der Waals surface area contributed by atoms with Crippen LogP contribution in [0.15, 0.2) is 15.9 Å². The van der Waals surface area contributed by atoms with Crippen molar-refractivity contribution in [2.24, 2.45) is 11.1 Å². The molecule has 1 aliphatic carbocycles. The van der Waals surface area contributed by atoms with E-state index in [1.54, 1.807) is 0 Å². The van der Waals surface area contributed by atoms with Crippen LogP contribution in [0.1, 0.15) is 37.5 Å². The zero-order chi connectivity index (χ0) is 10.9. The van der Waals surface area contributed by atoms with E-state index in [0.29, 0.717) is 11.5 Å². The molecule has 0 bridgehead atoms. The molecule has 84 valence electrons. The molecule has 2 rings (SSSR count). The molecule has 0 aliphatic heterocycles. The molecule has 1 saturated carbocycles. The highest BCUT2D eigenvalue weighted by Gasteiger charge is 2.34. The highest BCUT2D eigenvalue weighted by atomic mass is 79.9. The van der Waals surface area contributed by atoms with Crippen molar-refractivity contribution in [2.45, 2.75) is 45.1 Å². The van der Waals surface area contributed by atoms with Crippen molar-refractivity contribution in [1.29, 1.82) is 0 Å². The largest absolute Gasteiger partial charge is 0.327 e. The Morgan fingerprint density at radius 3 is 2.67 bits per heavy atom. The van der Waals surface area contributed by atoms with Gasteiger partial charge in [0, 0.05) is 10.9 Å². The van der Waals surface area contributed by atoms with E-state index >= 15 is 0 Å². The molecule has 0 amide bonds. The fourth-order valence-corrected chi connectivity index (χ4v) is 4.02. The van der Waals surface area contributed by atoms with Crippen molar-refractivity contribution in [3.8, 4) is 0 Å². The van der Waals surface area contributed by atoms with E-state index in [1.807, 2.05) is 11.3 Å². The van der Waals surface area contributed by atoms with Crippen molar-refractivity contribution in [2.75, 3.05) is 0 Å². The summed E-state index contributed by atoms with van der Waals surface area (Å²) in [5.41, 5.74) is 6.73. The number of thiophene rings is 1. The third kappa shape index (κ3) is 2.63. The van der Waals surface area contributed by atoms with E-state index in [1.165, 1.54) is 34.3 Å². The van der Waals surface area contributed by atoms with E-state index in [-0.39, 0.29) is 0 Å². The van der Waals surface area contributed by atoms with E-state index in [2.05, 4.69) is 35.0 Å². The van der Waals surface area contributed by atoms with Crippen LogP contribution < -0.4 is 5.73 Å². The van der Waals surface area contributed by atoms with Gasteiger partial charge in [-0.25, -0.2) is 0 Å². The predicted octanol–water partition coefficient (Wildman–Crippen LogP) is 3.96. The lowest BCUT2D eigenvalue weighted by Gasteiger charge is -2.30. The first-order chi connectivity index (χ1) is 7.10. The third-order valence-electron chi connectivity index (χ3n) is 3.69. The lowest BCUT2D eigenvalue weighted by Crippen LogP contribution is -2.39. The molecule has 0 aromatic carbocycles. The van der Waals surface area contributed by atoms with Gasteiger partial charge in [-0.2, -0.15) is 0 Å². The molecule has 1 aromatic rings. The van der Waals surface area contributed by atoms with Crippen LogP contribution in [-0.4, -0.2) is 6.04 Å². The van der Waals surface area contributed by atoms with Crippen LogP contribution in [0, 0.1) is 5.41 Å². The lowest BCUT2D eigenvalue weighted by molar-refractivity contribution is 0.261. The Hall–Kier alpha value is 0.140. The third-order valence-corrected chi connectivity index (χ3v) is 5.34. The molecule has 1 unspecified atom stereocenters. The summed E-state index contributed by atoms with van der Waals surface area (Å²) in [6, 6.07) is 4.63. The molecule has 1 nitrogen and oxygen atoms in total. The summed E-state index contributed by atoms with van der Waals surface area (Å²) in [5.74, 6) is 0. The number of rotatable bonds is 3. The molecule has 0 saturated heterocycles. The first kappa shape index (κ1) is 11.6. The summed E-state index contributed by atoms with van der Waals surface area (Å²) in [5, 5.41) is 0. The molecule has 1 heterocycles. The lowest BCUT2D eigenvalue weighted by atomic mass is 9.79. The summed E-state index contributed by atoms with van der Waals surface area (Å²) in [7, 11) is 0. The highest BCUT2D eigenvalue weighted by molar-refractivity contribution is 9.11. The van der Waals surface area contributed by atoms with Crippen molar-refractivity contribution >= 4 is 27.3 Å². The van der Waals surface area contributed by atoms with Crippen molar-refractivity contribution in [1.82, 2.24) is 0 Å². The molecular weight excluding hydrogens is 270 g/mol. The minimum absolute atomic E-state index is 0.325. The van der Waals surface area contributed by atoms with Gasteiger partial charge in [0.05, 0.1) is 3.79 Å². The molecule has 1 aromatic heterocycles. The summed E-state index contributed by atoms with van der Waals surface area (Å²) < 4.78 is 1.21. The van der Waals surface area contributed by atoms with Gasteiger partial charge in [0.15, 0.2) is 0 Å². The second-order valence-electron chi connectivity index (χ2n) is 4.88. The summed E-state index contributed by atoms with van der Waals surface area (Å²) in [6.07, 6.45) is 6.37. The summed E-state index contributed by atoms with van der Waals surface area (Å²) >= 11 is 5.31. The first-order valence-electron chi connectivity index (χ1n) is 5.60. The fraction of sp³-hybridized carbons (Fsp3) is 0.667. The minimum Gasteiger partial charge on any atom is -0.327 e. The van der Waals surface area contributed by atoms with Gasteiger partial charge in [-0.15, -0.1) is 11.3 Å². The Morgan fingerprint density at radius 2 is 2.13 bits per heavy atom.